The molecule has 0 aliphatic carbocycles. The van der Waals surface area contributed by atoms with Crippen LogP contribution in [0.1, 0.15) is 122 Å². The summed E-state index contributed by atoms with van der Waals surface area (Å²) in [5, 5.41) is 19.7. The molecule has 1 saturated heterocycles. The molecule has 0 saturated carbocycles. The van der Waals surface area contributed by atoms with Crippen molar-refractivity contribution in [1.82, 2.24) is 26.2 Å². The van der Waals surface area contributed by atoms with Crippen molar-refractivity contribution in [1.29, 1.82) is 0 Å². The highest BCUT2D eigenvalue weighted by Gasteiger charge is 2.33. The predicted octanol–water partition coefficient (Wildman–Crippen LogP) is 2.65. The van der Waals surface area contributed by atoms with Gasteiger partial charge in [-0.15, -0.1) is 0 Å². The number of benzene rings is 1. The molecule has 1 aliphatic rings. The van der Waals surface area contributed by atoms with Crippen molar-refractivity contribution >= 4 is 41.5 Å². The van der Waals surface area contributed by atoms with Crippen LogP contribution in [0.5, 0.6) is 0 Å². The van der Waals surface area contributed by atoms with E-state index in [2.05, 4.69) is 33.2 Å². The molecule has 2 rings (SSSR count). The maximum Gasteiger partial charge on any atom is 0.305 e. The summed E-state index contributed by atoms with van der Waals surface area (Å²) in [5.41, 5.74) is 11.6. The van der Waals surface area contributed by atoms with Crippen molar-refractivity contribution in [2.45, 2.75) is 141 Å². The Morgan fingerprint density at radius 3 is 1.89 bits per heavy atom. The van der Waals surface area contributed by atoms with Crippen LogP contribution in [0.4, 0.5) is 0 Å². The number of hydrogen-bond donors (Lipinski definition) is 7. The lowest BCUT2D eigenvalue weighted by atomic mass is 10.0. The van der Waals surface area contributed by atoms with E-state index in [1.807, 2.05) is 6.07 Å². The van der Waals surface area contributed by atoms with Crippen LogP contribution in [-0.4, -0.2) is 95.8 Å². The minimum Gasteiger partial charge on any atom is -0.481 e. The third-order valence-electron chi connectivity index (χ3n) is 9.38. The summed E-state index contributed by atoms with van der Waals surface area (Å²) < 4.78 is 0. The van der Waals surface area contributed by atoms with E-state index in [9.17, 15) is 33.9 Å². The molecular formula is C39H64N8O7. The van der Waals surface area contributed by atoms with Crippen molar-refractivity contribution in [2.75, 3.05) is 26.2 Å². The van der Waals surface area contributed by atoms with Gasteiger partial charge in [0.15, 0.2) is 5.96 Å². The van der Waals surface area contributed by atoms with Gasteiger partial charge in [0, 0.05) is 19.5 Å². The van der Waals surface area contributed by atoms with Gasteiger partial charge in [0.05, 0.1) is 19.5 Å². The highest BCUT2D eigenvalue weighted by atomic mass is 16.4. The number of carboxylic acids is 1. The van der Waals surface area contributed by atoms with Gasteiger partial charge in [0.25, 0.3) is 0 Å². The zero-order valence-corrected chi connectivity index (χ0v) is 32.1. The highest BCUT2D eigenvalue weighted by molar-refractivity contribution is 5.97. The number of amides is 5. The van der Waals surface area contributed by atoms with E-state index in [4.69, 9.17) is 11.5 Å². The topological polar surface area (TPSA) is 238 Å². The van der Waals surface area contributed by atoms with Crippen molar-refractivity contribution in [3.8, 4) is 0 Å². The largest absolute Gasteiger partial charge is 0.481 e. The maximum absolute atomic E-state index is 14.3. The summed E-state index contributed by atoms with van der Waals surface area (Å²) in [6, 6.07) is 5.19. The lowest BCUT2D eigenvalue weighted by molar-refractivity contribution is -0.142. The molecule has 0 aromatic heterocycles. The molecule has 1 aromatic carbocycles. The van der Waals surface area contributed by atoms with Gasteiger partial charge in [-0.05, 0) is 24.8 Å². The quantitative estimate of drug-likeness (QED) is 0.0493. The molecule has 0 radical (unpaired) electrons. The maximum atomic E-state index is 14.3. The van der Waals surface area contributed by atoms with Crippen LogP contribution < -0.4 is 32.7 Å². The molecule has 1 fully saturated rings. The van der Waals surface area contributed by atoms with Crippen LogP contribution in [0.2, 0.25) is 0 Å². The number of carbonyl (C=O) groups is 6. The normalized spacial score (nSPS) is 18.8. The van der Waals surface area contributed by atoms with Gasteiger partial charge in [-0.2, -0.15) is 0 Å². The number of aliphatic carboxylic acids is 1. The van der Waals surface area contributed by atoms with Crippen molar-refractivity contribution < 1.29 is 33.9 Å². The van der Waals surface area contributed by atoms with Gasteiger partial charge < -0.3 is 42.7 Å². The highest BCUT2D eigenvalue weighted by Crippen LogP contribution is 2.14. The lowest BCUT2D eigenvalue weighted by Crippen LogP contribution is -2.57. The molecule has 1 aliphatic heterocycles. The fraction of sp³-hybridized carbons (Fsp3) is 0.667. The van der Waals surface area contributed by atoms with Crippen LogP contribution in [0.25, 0.3) is 0 Å². The third-order valence-corrected chi connectivity index (χ3v) is 9.38. The second-order valence-electron chi connectivity index (χ2n) is 14.1. The number of hydrogen-bond acceptors (Lipinski definition) is 7. The summed E-state index contributed by atoms with van der Waals surface area (Å²) in [6.07, 6.45) is 16.0. The summed E-state index contributed by atoms with van der Waals surface area (Å²) >= 11 is 0. The fourth-order valence-corrected chi connectivity index (χ4v) is 6.41. The minimum absolute atomic E-state index is 0.0590. The van der Waals surface area contributed by atoms with Crippen LogP contribution in [-0.2, 0) is 35.2 Å². The number of guanidine groups is 1. The Morgan fingerprint density at radius 2 is 1.31 bits per heavy atom. The van der Waals surface area contributed by atoms with Gasteiger partial charge in [-0.1, -0.05) is 121 Å². The first kappa shape index (κ1) is 45.5. The molecule has 15 nitrogen and oxygen atoms in total. The van der Waals surface area contributed by atoms with Gasteiger partial charge in [0.2, 0.25) is 29.5 Å². The summed E-state index contributed by atoms with van der Waals surface area (Å²) in [5.74, 6) is -4.98. The number of unbranched alkanes of at least 4 members (excludes halogenated alkanes) is 13. The average molecular weight is 757 g/mol. The first-order valence-electron chi connectivity index (χ1n) is 19.8. The summed E-state index contributed by atoms with van der Waals surface area (Å²) in [7, 11) is 0. The van der Waals surface area contributed by atoms with E-state index in [-0.39, 0.29) is 38.4 Å². The lowest BCUT2D eigenvalue weighted by Gasteiger charge is -2.29. The zero-order valence-electron chi connectivity index (χ0n) is 32.1. The molecule has 0 bridgehead atoms. The minimum atomic E-state index is -1.53. The second kappa shape index (κ2) is 27.0. The number of aliphatic imine (C=N–C) groups is 1. The Balaban J connectivity index is 2.20. The molecule has 0 unspecified atom stereocenters. The number of rotatable bonds is 23. The van der Waals surface area contributed by atoms with E-state index in [1.54, 1.807) is 24.3 Å². The molecule has 3 atom stereocenters. The Labute approximate surface area is 320 Å². The van der Waals surface area contributed by atoms with E-state index in [0.717, 1.165) is 31.2 Å². The van der Waals surface area contributed by atoms with Crippen LogP contribution in [0.15, 0.2) is 35.3 Å². The van der Waals surface area contributed by atoms with E-state index in [1.165, 1.54) is 62.7 Å². The molecular weight excluding hydrogens is 692 g/mol. The molecule has 15 heteroatoms. The first-order valence-corrected chi connectivity index (χ1v) is 19.8. The Bertz CT molecular complexity index is 1340. The first-order chi connectivity index (χ1) is 26.0. The third kappa shape index (κ3) is 20.0. The van der Waals surface area contributed by atoms with Crippen molar-refractivity contribution in [2.24, 2.45) is 16.5 Å². The van der Waals surface area contributed by atoms with Gasteiger partial charge in [-0.25, -0.2) is 0 Å². The Hall–Kier alpha value is -4.69. The summed E-state index contributed by atoms with van der Waals surface area (Å²) in [4.78, 5) is 84.2. The van der Waals surface area contributed by atoms with Gasteiger partial charge in [0.1, 0.15) is 18.1 Å². The molecule has 302 valence electrons. The van der Waals surface area contributed by atoms with E-state index < -0.39 is 66.6 Å². The van der Waals surface area contributed by atoms with Crippen molar-refractivity contribution in [3.05, 3.63) is 35.9 Å². The zero-order chi connectivity index (χ0) is 39.6. The Kier molecular flexibility index (Phi) is 22.7. The number of nitrogens with one attached hydrogen (secondary N) is 4. The van der Waals surface area contributed by atoms with Crippen LogP contribution in [0.3, 0.4) is 0 Å². The van der Waals surface area contributed by atoms with E-state index in [0.29, 0.717) is 12.8 Å². The molecule has 54 heavy (non-hydrogen) atoms. The van der Waals surface area contributed by atoms with Crippen molar-refractivity contribution in [3.63, 3.8) is 0 Å². The number of nitrogens with two attached hydrogens (primary N) is 2. The predicted molar refractivity (Wildman–Crippen MR) is 208 cm³/mol. The smallest absolute Gasteiger partial charge is 0.305 e. The Morgan fingerprint density at radius 1 is 0.741 bits per heavy atom. The number of carboxylic acid groups (broad SMARTS) is 1. The molecule has 5 amide bonds. The monoisotopic (exact) mass is 756 g/mol. The molecule has 0 spiro atoms. The van der Waals surface area contributed by atoms with Gasteiger partial charge in [-0.3, -0.25) is 33.8 Å². The molecule has 1 aromatic rings. The van der Waals surface area contributed by atoms with Gasteiger partial charge >= 0.3 is 5.97 Å². The fourth-order valence-electron chi connectivity index (χ4n) is 6.41. The standard InChI is InChI=1S/C39H64N8O7/c1-2-3-4-5-6-7-8-9-10-11-12-13-14-18-24-47-28-34(49)44-30(22-19-23-42-39(40)41)36(52)43-27-33(48)45-31(26-35(50)51)37(53)46-32(38(47)54)25-29-20-16-15-17-21-29/h15-17,20-21,30-32H,2-14,18-19,22-28H2,1H3,(H,43,52)(H,44,49)(H,45,48)(H,46,53)(H,50,51)(H4,40,41,42)/t30-,31-,32-/m0/s1. The number of carbonyl (C=O) groups excluding carboxylic acids is 5. The SMILES string of the molecule is CCCCCCCCCCCCCCCCN1CC(=O)N[C@@H](CCCN=C(N)N)C(=O)NCC(=O)N[C@@H](CC(=O)O)C(=O)N[C@@H](Cc2ccccc2)C1=O. The average Bonchev–Trinajstić information content (AvgIpc) is 3.13. The van der Waals surface area contributed by atoms with Crippen LogP contribution >= 0.6 is 0 Å². The molecule has 1 heterocycles. The summed E-state index contributed by atoms with van der Waals surface area (Å²) in [6.45, 7) is 1.68. The molecule has 9 N–H and O–H groups in total. The number of nitrogens with zero attached hydrogens (tertiary/aromatic N) is 2. The second-order valence-corrected chi connectivity index (χ2v) is 14.1. The van der Waals surface area contributed by atoms with E-state index >= 15 is 0 Å². The van der Waals surface area contributed by atoms with Crippen LogP contribution in [0, 0.1) is 0 Å².